The van der Waals surface area contributed by atoms with Crippen LogP contribution in [0.15, 0.2) is 0 Å². The monoisotopic (exact) mass is 427 g/mol. The molecule has 0 heterocycles. The maximum atomic E-state index is 11.9. The van der Waals surface area contributed by atoms with Gasteiger partial charge in [0.15, 0.2) is 6.54 Å². The Labute approximate surface area is 155 Å². The van der Waals surface area contributed by atoms with E-state index in [0.717, 1.165) is 30.5 Å². The van der Waals surface area contributed by atoms with Gasteiger partial charge >= 0.3 is 5.97 Å². The van der Waals surface area contributed by atoms with E-state index in [-0.39, 0.29) is 29.9 Å². The molecule has 0 saturated heterocycles. The van der Waals surface area contributed by atoms with Crippen molar-refractivity contribution in [2.45, 2.75) is 79.1 Å². The molecule has 0 N–H and O–H groups in total. The highest BCUT2D eigenvalue weighted by Gasteiger charge is 2.25. The lowest BCUT2D eigenvalue weighted by Crippen LogP contribution is -3.00. The second-order valence-corrected chi connectivity index (χ2v) is 6.14. The second kappa shape index (κ2) is 16.0. The normalized spacial score (nSPS) is 11.1. The molecular weight excluding hydrogens is 389 g/mol. The van der Waals surface area contributed by atoms with Gasteiger partial charge in [0.2, 0.25) is 0 Å². The molecule has 22 heavy (non-hydrogen) atoms. The number of carbonyl (C=O) groups is 1. The first-order valence-electron chi connectivity index (χ1n) is 9.14. The van der Waals surface area contributed by atoms with E-state index in [1.165, 1.54) is 44.9 Å². The van der Waals surface area contributed by atoms with E-state index in [9.17, 15) is 4.79 Å². The number of likely N-dealkylation sites (N-methyl/N-ethyl adjacent to an activating group) is 1. The molecule has 3 nitrogen and oxygen atoms in total. The minimum atomic E-state index is -0.0245. The highest BCUT2D eigenvalue weighted by atomic mass is 127. The van der Waals surface area contributed by atoms with Crippen molar-refractivity contribution in [1.29, 1.82) is 0 Å². The van der Waals surface area contributed by atoms with Crippen LogP contribution in [0.25, 0.3) is 0 Å². The van der Waals surface area contributed by atoms with Crippen molar-refractivity contribution in [1.82, 2.24) is 0 Å². The lowest BCUT2D eigenvalue weighted by Gasteiger charge is -2.34. The van der Waals surface area contributed by atoms with E-state index < -0.39 is 0 Å². The van der Waals surface area contributed by atoms with Crippen molar-refractivity contribution in [2.24, 2.45) is 0 Å². The van der Waals surface area contributed by atoms with Crippen molar-refractivity contribution in [2.75, 3.05) is 32.8 Å². The maximum absolute atomic E-state index is 11.9. The Kier molecular flexibility index (Phi) is 17.8. The predicted molar refractivity (Wildman–Crippen MR) is 90.3 cm³/mol. The van der Waals surface area contributed by atoms with Gasteiger partial charge in [0.1, 0.15) is 0 Å². The summed E-state index contributed by atoms with van der Waals surface area (Å²) in [7, 11) is 0. The summed E-state index contributed by atoms with van der Waals surface area (Å²) in [5.74, 6) is -0.0245. The molecule has 0 spiro atoms. The number of hydrogen-bond donors (Lipinski definition) is 0. The molecule has 0 fully saturated rings. The summed E-state index contributed by atoms with van der Waals surface area (Å²) in [6, 6.07) is 0. The molecule has 0 saturated carbocycles. The Morgan fingerprint density at radius 2 is 1.23 bits per heavy atom. The molecule has 4 heteroatoms. The fourth-order valence-corrected chi connectivity index (χ4v) is 2.75. The summed E-state index contributed by atoms with van der Waals surface area (Å²) in [5, 5.41) is 0. The van der Waals surface area contributed by atoms with Gasteiger partial charge in [0.25, 0.3) is 0 Å². The van der Waals surface area contributed by atoms with Crippen molar-refractivity contribution < 1.29 is 38.0 Å². The first-order chi connectivity index (χ1) is 10.1. The SMILES string of the molecule is CCCCCCCCCCOC(=O)C[N+](CC)(CC)CC.[I-]. The van der Waals surface area contributed by atoms with E-state index >= 15 is 0 Å². The molecular formula is C18H38INO2. The average molecular weight is 427 g/mol. The molecule has 0 amide bonds. The second-order valence-electron chi connectivity index (χ2n) is 6.14. The third-order valence-corrected chi connectivity index (χ3v) is 4.74. The van der Waals surface area contributed by atoms with Crippen LogP contribution in [0.3, 0.4) is 0 Å². The van der Waals surface area contributed by atoms with Crippen molar-refractivity contribution >= 4 is 5.97 Å². The number of nitrogens with zero attached hydrogens (tertiary/aromatic N) is 1. The van der Waals surface area contributed by atoms with Crippen LogP contribution in [0.1, 0.15) is 79.1 Å². The smallest absolute Gasteiger partial charge is 0.361 e. The van der Waals surface area contributed by atoms with Crippen molar-refractivity contribution in [3.05, 3.63) is 0 Å². The molecule has 0 aliphatic rings. The van der Waals surface area contributed by atoms with Crippen LogP contribution < -0.4 is 24.0 Å². The van der Waals surface area contributed by atoms with Crippen molar-refractivity contribution in [3.63, 3.8) is 0 Å². The Morgan fingerprint density at radius 3 is 1.68 bits per heavy atom. The van der Waals surface area contributed by atoms with Crippen LogP contribution in [0, 0.1) is 0 Å². The van der Waals surface area contributed by atoms with Crippen LogP contribution in [0.2, 0.25) is 0 Å². The van der Waals surface area contributed by atoms with Gasteiger partial charge < -0.3 is 33.2 Å². The molecule has 0 aromatic carbocycles. The third kappa shape index (κ3) is 11.7. The highest BCUT2D eigenvalue weighted by Crippen LogP contribution is 2.09. The number of unbranched alkanes of at least 4 members (excludes halogenated alkanes) is 7. The molecule has 0 rings (SSSR count). The molecule has 0 aliphatic carbocycles. The Balaban J connectivity index is 0. The minimum absolute atomic E-state index is 0. The van der Waals surface area contributed by atoms with E-state index in [2.05, 4.69) is 27.7 Å². The summed E-state index contributed by atoms with van der Waals surface area (Å²) in [6.07, 6.45) is 10.2. The first-order valence-corrected chi connectivity index (χ1v) is 9.14. The number of esters is 1. The standard InChI is InChI=1S/C18H38NO2.HI/c1-5-9-10-11-12-13-14-15-16-21-18(20)17-19(6-2,7-3)8-4;/h5-17H2,1-4H3;1H/q+1;/p-1. The number of ether oxygens (including phenoxy) is 1. The van der Waals surface area contributed by atoms with Crippen LogP contribution in [-0.4, -0.2) is 43.2 Å². The Hall–Kier alpha value is 0.160. The molecule has 0 radical (unpaired) electrons. The van der Waals surface area contributed by atoms with Gasteiger partial charge in [-0.15, -0.1) is 0 Å². The fraction of sp³-hybridized carbons (Fsp3) is 0.944. The molecule has 0 aromatic rings. The zero-order valence-electron chi connectivity index (χ0n) is 15.3. The summed E-state index contributed by atoms with van der Waals surface area (Å²) >= 11 is 0. The van der Waals surface area contributed by atoms with Gasteiger partial charge in [0, 0.05) is 0 Å². The largest absolute Gasteiger partial charge is 1.00 e. The summed E-state index contributed by atoms with van der Waals surface area (Å²) in [4.78, 5) is 11.9. The average Bonchev–Trinajstić information content (AvgIpc) is 2.51. The fourth-order valence-electron chi connectivity index (χ4n) is 2.75. The summed E-state index contributed by atoms with van der Waals surface area (Å²) in [5.41, 5.74) is 0. The van der Waals surface area contributed by atoms with Gasteiger partial charge in [-0.05, 0) is 27.2 Å². The predicted octanol–water partition coefficient (Wildman–Crippen LogP) is 1.55. The molecule has 0 unspecified atom stereocenters. The van der Waals surface area contributed by atoms with Crippen LogP contribution in [0.4, 0.5) is 0 Å². The van der Waals surface area contributed by atoms with Gasteiger partial charge in [-0.2, -0.15) is 0 Å². The van der Waals surface area contributed by atoms with Gasteiger partial charge in [-0.25, -0.2) is 4.79 Å². The molecule has 0 aliphatic heterocycles. The van der Waals surface area contributed by atoms with E-state index in [0.29, 0.717) is 13.2 Å². The number of hydrogen-bond acceptors (Lipinski definition) is 2. The molecule has 134 valence electrons. The van der Waals surface area contributed by atoms with Gasteiger partial charge in [-0.1, -0.05) is 51.9 Å². The lowest BCUT2D eigenvalue weighted by atomic mass is 10.1. The topological polar surface area (TPSA) is 26.3 Å². The van der Waals surface area contributed by atoms with E-state index in [1.807, 2.05) is 0 Å². The lowest BCUT2D eigenvalue weighted by molar-refractivity contribution is -0.916. The number of halogens is 1. The maximum Gasteiger partial charge on any atom is 0.361 e. The zero-order chi connectivity index (χ0) is 16.0. The molecule has 0 aromatic heterocycles. The Morgan fingerprint density at radius 1 is 0.773 bits per heavy atom. The summed E-state index contributed by atoms with van der Waals surface area (Å²) in [6.45, 7) is 12.8. The third-order valence-electron chi connectivity index (χ3n) is 4.74. The number of rotatable bonds is 14. The van der Waals surface area contributed by atoms with E-state index in [1.54, 1.807) is 0 Å². The molecule has 0 bridgehead atoms. The minimum Gasteiger partial charge on any atom is -1.00 e. The highest BCUT2D eigenvalue weighted by molar-refractivity contribution is 5.70. The van der Waals surface area contributed by atoms with Gasteiger partial charge in [-0.3, -0.25) is 0 Å². The summed E-state index contributed by atoms with van der Waals surface area (Å²) < 4.78 is 6.24. The van der Waals surface area contributed by atoms with Crippen molar-refractivity contribution in [3.8, 4) is 0 Å². The van der Waals surface area contributed by atoms with Gasteiger partial charge in [0.05, 0.1) is 26.2 Å². The number of carbonyl (C=O) groups excluding carboxylic acids is 1. The zero-order valence-corrected chi connectivity index (χ0v) is 17.5. The van der Waals surface area contributed by atoms with Crippen LogP contribution >= 0.6 is 0 Å². The van der Waals surface area contributed by atoms with Crippen LogP contribution in [-0.2, 0) is 9.53 Å². The first kappa shape index (κ1) is 24.4. The number of quaternary nitrogens is 1. The van der Waals surface area contributed by atoms with Crippen LogP contribution in [0.5, 0.6) is 0 Å². The Bertz CT molecular complexity index is 247. The quantitative estimate of drug-likeness (QED) is 0.182. The molecule has 0 atom stereocenters. The van der Waals surface area contributed by atoms with E-state index in [4.69, 9.17) is 4.74 Å².